The molecule has 0 nitrogen and oxygen atoms in total. The van der Waals surface area contributed by atoms with E-state index in [4.69, 9.17) is 0 Å². The molecule has 0 radical (unpaired) electrons. The molecule has 0 spiro atoms. The summed E-state index contributed by atoms with van der Waals surface area (Å²) in [4.78, 5) is 0. The van der Waals surface area contributed by atoms with Gasteiger partial charge in [-0.25, -0.2) is 4.39 Å². The first-order valence-corrected chi connectivity index (χ1v) is 5.93. The fourth-order valence-corrected chi connectivity index (χ4v) is 2.31. The largest absolute Gasteiger partial charge is 0.207 e. The van der Waals surface area contributed by atoms with Crippen molar-refractivity contribution in [2.45, 2.75) is 40.0 Å². The maximum atomic E-state index is 13.0. The summed E-state index contributed by atoms with van der Waals surface area (Å²) < 4.78 is 13.0. The molecule has 86 valence electrons. The molecule has 0 amide bonds. The van der Waals surface area contributed by atoms with Crippen LogP contribution in [-0.4, -0.2) is 0 Å². The van der Waals surface area contributed by atoms with E-state index >= 15 is 0 Å². The van der Waals surface area contributed by atoms with Gasteiger partial charge in [0.05, 0.1) is 0 Å². The average Bonchev–Trinajstić information content (AvgIpc) is 2.19. The molecule has 1 aliphatic carbocycles. The Morgan fingerprint density at radius 1 is 1.25 bits per heavy atom. The smallest absolute Gasteiger partial charge is 0.123 e. The van der Waals surface area contributed by atoms with Gasteiger partial charge in [-0.1, -0.05) is 26.0 Å². The van der Waals surface area contributed by atoms with Crippen molar-refractivity contribution in [2.24, 2.45) is 5.41 Å². The zero-order valence-corrected chi connectivity index (χ0v) is 10.3. The Bertz CT molecular complexity index is 427. The molecule has 2 rings (SSSR count). The zero-order chi connectivity index (χ0) is 11.8. The van der Waals surface area contributed by atoms with Crippen molar-refractivity contribution >= 4 is 5.57 Å². The second-order valence-electron chi connectivity index (χ2n) is 5.56. The lowest BCUT2D eigenvalue weighted by molar-refractivity contribution is 0.335. The molecular formula is C15H19F. The van der Waals surface area contributed by atoms with Gasteiger partial charge in [0, 0.05) is 0 Å². The van der Waals surface area contributed by atoms with Gasteiger partial charge in [0.1, 0.15) is 5.82 Å². The van der Waals surface area contributed by atoms with Crippen LogP contribution in [0.5, 0.6) is 0 Å². The highest BCUT2D eigenvalue weighted by Crippen LogP contribution is 2.38. The molecule has 1 heteroatoms. The van der Waals surface area contributed by atoms with E-state index in [1.165, 1.54) is 17.6 Å². The highest BCUT2D eigenvalue weighted by molar-refractivity contribution is 5.68. The summed E-state index contributed by atoms with van der Waals surface area (Å²) in [5, 5.41) is 0. The van der Waals surface area contributed by atoms with Crippen molar-refractivity contribution in [3.05, 3.63) is 41.2 Å². The molecule has 0 saturated carbocycles. The van der Waals surface area contributed by atoms with Gasteiger partial charge in [-0.15, -0.1) is 0 Å². The molecule has 0 atom stereocenters. The van der Waals surface area contributed by atoms with E-state index in [2.05, 4.69) is 19.9 Å². The van der Waals surface area contributed by atoms with E-state index in [9.17, 15) is 4.39 Å². The lowest BCUT2D eigenvalue weighted by atomic mass is 9.76. The fraction of sp³-hybridized carbons (Fsp3) is 0.467. The Hall–Kier alpha value is -1.11. The Morgan fingerprint density at radius 3 is 2.56 bits per heavy atom. The third-order valence-corrected chi connectivity index (χ3v) is 3.51. The number of hydrogen-bond donors (Lipinski definition) is 0. The van der Waals surface area contributed by atoms with E-state index in [1.54, 1.807) is 12.1 Å². The van der Waals surface area contributed by atoms with Gasteiger partial charge < -0.3 is 0 Å². The third kappa shape index (κ3) is 2.34. The summed E-state index contributed by atoms with van der Waals surface area (Å²) in [5.74, 6) is -0.141. The van der Waals surface area contributed by atoms with Crippen LogP contribution in [0.3, 0.4) is 0 Å². The van der Waals surface area contributed by atoms with Crippen molar-refractivity contribution in [3.63, 3.8) is 0 Å². The summed E-state index contributed by atoms with van der Waals surface area (Å²) in [6, 6.07) is 5.09. The van der Waals surface area contributed by atoms with Crippen molar-refractivity contribution < 1.29 is 4.39 Å². The van der Waals surface area contributed by atoms with Crippen LogP contribution in [0.2, 0.25) is 0 Å². The number of benzene rings is 1. The number of hydrogen-bond acceptors (Lipinski definition) is 0. The van der Waals surface area contributed by atoms with Crippen LogP contribution in [0.4, 0.5) is 4.39 Å². The third-order valence-electron chi connectivity index (χ3n) is 3.51. The first-order chi connectivity index (χ1) is 7.48. The maximum absolute atomic E-state index is 13.0. The Kier molecular flexibility index (Phi) is 2.88. The molecule has 16 heavy (non-hydrogen) atoms. The number of rotatable bonds is 1. The van der Waals surface area contributed by atoms with Crippen LogP contribution in [0.25, 0.3) is 5.57 Å². The molecule has 0 saturated heterocycles. The average molecular weight is 218 g/mol. The van der Waals surface area contributed by atoms with Crippen LogP contribution in [0.15, 0.2) is 24.3 Å². The van der Waals surface area contributed by atoms with Crippen molar-refractivity contribution in [1.29, 1.82) is 0 Å². The lowest BCUT2D eigenvalue weighted by Gasteiger charge is -2.29. The predicted octanol–water partition coefficient (Wildman–Crippen LogP) is 4.73. The Balaban J connectivity index is 2.29. The van der Waals surface area contributed by atoms with Gasteiger partial charge in [0.25, 0.3) is 0 Å². The first kappa shape index (κ1) is 11.4. The number of aryl methyl sites for hydroxylation is 1. The second kappa shape index (κ2) is 4.04. The van der Waals surface area contributed by atoms with E-state index in [1.807, 2.05) is 13.0 Å². The molecular weight excluding hydrogens is 199 g/mol. The summed E-state index contributed by atoms with van der Waals surface area (Å²) in [6.45, 7) is 6.59. The molecule has 1 aromatic carbocycles. The summed E-state index contributed by atoms with van der Waals surface area (Å²) in [7, 11) is 0. The van der Waals surface area contributed by atoms with Gasteiger partial charge in [-0.2, -0.15) is 0 Å². The van der Waals surface area contributed by atoms with Crippen LogP contribution >= 0.6 is 0 Å². The summed E-state index contributed by atoms with van der Waals surface area (Å²) in [5.41, 5.74) is 4.08. The van der Waals surface area contributed by atoms with Crippen molar-refractivity contribution in [1.82, 2.24) is 0 Å². The molecule has 0 unspecified atom stereocenters. The van der Waals surface area contributed by atoms with Gasteiger partial charge in [0.2, 0.25) is 0 Å². The normalized spacial score (nSPS) is 19.4. The van der Waals surface area contributed by atoms with Gasteiger partial charge in [-0.05, 0) is 60.4 Å². The van der Waals surface area contributed by atoms with Gasteiger partial charge >= 0.3 is 0 Å². The number of halogens is 1. The standard InChI is InChI=1S/C15H19F/c1-11-10-13(16)4-5-14(11)12-6-8-15(2,3)9-7-12/h4-6,10H,7-9H2,1-3H3. The molecule has 0 heterocycles. The predicted molar refractivity (Wildman–Crippen MR) is 66.7 cm³/mol. The van der Waals surface area contributed by atoms with Crippen LogP contribution in [0, 0.1) is 18.2 Å². The summed E-state index contributed by atoms with van der Waals surface area (Å²) in [6.07, 6.45) is 5.78. The molecule has 1 aliphatic rings. The summed E-state index contributed by atoms with van der Waals surface area (Å²) >= 11 is 0. The minimum absolute atomic E-state index is 0.141. The number of allylic oxidation sites excluding steroid dienone is 2. The molecule has 0 fully saturated rings. The lowest BCUT2D eigenvalue weighted by Crippen LogP contribution is -2.14. The first-order valence-electron chi connectivity index (χ1n) is 5.93. The topological polar surface area (TPSA) is 0 Å². The van der Waals surface area contributed by atoms with E-state index < -0.39 is 0 Å². The second-order valence-corrected chi connectivity index (χ2v) is 5.56. The zero-order valence-electron chi connectivity index (χ0n) is 10.3. The van der Waals surface area contributed by atoms with Crippen LogP contribution < -0.4 is 0 Å². The quantitative estimate of drug-likeness (QED) is 0.639. The SMILES string of the molecule is Cc1cc(F)ccc1C1=CCC(C)(C)CC1. The van der Waals surface area contributed by atoms with Crippen molar-refractivity contribution in [3.8, 4) is 0 Å². The minimum atomic E-state index is -0.141. The fourth-order valence-electron chi connectivity index (χ4n) is 2.31. The highest BCUT2D eigenvalue weighted by Gasteiger charge is 2.22. The molecule has 1 aromatic rings. The van der Waals surface area contributed by atoms with E-state index in [-0.39, 0.29) is 5.82 Å². The van der Waals surface area contributed by atoms with Crippen LogP contribution in [0.1, 0.15) is 44.2 Å². The Labute approximate surface area is 97.2 Å². The van der Waals surface area contributed by atoms with E-state index in [0.29, 0.717) is 5.41 Å². The van der Waals surface area contributed by atoms with Crippen LogP contribution in [-0.2, 0) is 0 Å². The van der Waals surface area contributed by atoms with Gasteiger partial charge in [0.15, 0.2) is 0 Å². The van der Waals surface area contributed by atoms with Crippen molar-refractivity contribution in [2.75, 3.05) is 0 Å². The monoisotopic (exact) mass is 218 g/mol. The molecule has 0 N–H and O–H groups in total. The van der Waals surface area contributed by atoms with Gasteiger partial charge in [-0.3, -0.25) is 0 Å². The molecule has 0 bridgehead atoms. The minimum Gasteiger partial charge on any atom is -0.207 e. The Morgan fingerprint density at radius 2 is 2.00 bits per heavy atom. The molecule has 0 aromatic heterocycles. The highest BCUT2D eigenvalue weighted by atomic mass is 19.1. The van der Waals surface area contributed by atoms with E-state index in [0.717, 1.165) is 18.4 Å². The molecule has 0 aliphatic heterocycles. The maximum Gasteiger partial charge on any atom is 0.123 e.